The van der Waals surface area contributed by atoms with Crippen LogP contribution in [0.4, 0.5) is 10.9 Å². The molecule has 0 spiro atoms. The fraction of sp³-hybridized carbons (Fsp3) is 0.429. The van der Waals surface area contributed by atoms with Crippen molar-refractivity contribution in [2.24, 2.45) is 0 Å². The lowest BCUT2D eigenvalue weighted by molar-refractivity contribution is 0.102. The first kappa shape index (κ1) is 13.9. The lowest BCUT2D eigenvalue weighted by atomic mass is 10.0. The summed E-state index contributed by atoms with van der Waals surface area (Å²) in [5, 5.41) is 14.4. The quantitative estimate of drug-likeness (QED) is 0.907. The number of carbonyl (C=O) groups excluding carboxylic acids is 1. The zero-order valence-electron chi connectivity index (χ0n) is 11.8. The van der Waals surface area contributed by atoms with Crippen molar-refractivity contribution in [3.05, 3.63) is 28.4 Å². The lowest BCUT2D eigenvalue weighted by Crippen LogP contribution is -2.14. The maximum Gasteiger partial charge on any atom is 0.277 e. The van der Waals surface area contributed by atoms with Gasteiger partial charge in [0.05, 0.1) is 5.69 Å². The van der Waals surface area contributed by atoms with Gasteiger partial charge in [-0.15, -0.1) is 21.5 Å². The number of nitrogens with zero attached hydrogens (tertiary/aromatic N) is 3. The SMILES string of the molecule is CCNc1ccc(C(=O)Nc2nc3c(s2)CCCC3)nn1. The molecule has 0 bridgehead atoms. The van der Waals surface area contributed by atoms with E-state index in [1.165, 1.54) is 17.7 Å². The fourth-order valence-electron chi connectivity index (χ4n) is 2.30. The van der Waals surface area contributed by atoms with Crippen LogP contribution in [0.25, 0.3) is 0 Å². The minimum atomic E-state index is -0.267. The molecule has 0 aliphatic heterocycles. The number of nitrogens with one attached hydrogen (secondary N) is 2. The van der Waals surface area contributed by atoms with Crippen molar-refractivity contribution in [2.75, 3.05) is 17.2 Å². The predicted molar refractivity (Wildman–Crippen MR) is 82.9 cm³/mol. The largest absolute Gasteiger partial charge is 0.369 e. The van der Waals surface area contributed by atoms with Crippen molar-refractivity contribution in [2.45, 2.75) is 32.6 Å². The molecule has 110 valence electrons. The Balaban J connectivity index is 1.69. The summed E-state index contributed by atoms with van der Waals surface area (Å²) in [5.74, 6) is 0.399. The van der Waals surface area contributed by atoms with E-state index in [0.29, 0.717) is 16.6 Å². The number of anilines is 2. The van der Waals surface area contributed by atoms with E-state index in [0.717, 1.165) is 25.1 Å². The molecule has 1 amide bonds. The number of carbonyl (C=O) groups is 1. The number of hydrogen-bond acceptors (Lipinski definition) is 6. The lowest BCUT2D eigenvalue weighted by Gasteiger charge is -2.06. The summed E-state index contributed by atoms with van der Waals surface area (Å²) < 4.78 is 0. The van der Waals surface area contributed by atoms with Gasteiger partial charge in [0.2, 0.25) is 0 Å². The number of amides is 1. The minimum Gasteiger partial charge on any atom is -0.369 e. The number of thiazole rings is 1. The van der Waals surface area contributed by atoms with Crippen LogP contribution < -0.4 is 10.6 Å². The maximum absolute atomic E-state index is 12.1. The molecule has 0 unspecified atom stereocenters. The van der Waals surface area contributed by atoms with E-state index < -0.39 is 0 Å². The van der Waals surface area contributed by atoms with E-state index >= 15 is 0 Å². The summed E-state index contributed by atoms with van der Waals surface area (Å²) in [4.78, 5) is 17.9. The molecule has 6 nitrogen and oxygen atoms in total. The van der Waals surface area contributed by atoms with E-state index in [4.69, 9.17) is 0 Å². The van der Waals surface area contributed by atoms with Crippen LogP contribution >= 0.6 is 11.3 Å². The fourth-order valence-corrected chi connectivity index (χ4v) is 3.34. The van der Waals surface area contributed by atoms with E-state index in [2.05, 4.69) is 25.8 Å². The smallest absolute Gasteiger partial charge is 0.277 e. The van der Waals surface area contributed by atoms with Gasteiger partial charge in [0, 0.05) is 11.4 Å². The topological polar surface area (TPSA) is 79.8 Å². The third-order valence-electron chi connectivity index (χ3n) is 3.32. The average Bonchev–Trinajstić information content (AvgIpc) is 2.90. The van der Waals surface area contributed by atoms with Crippen LogP contribution in [0.5, 0.6) is 0 Å². The third kappa shape index (κ3) is 3.18. The van der Waals surface area contributed by atoms with Gasteiger partial charge < -0.3 is 5.32 Å². The first-order chi connectivity index (χ1) is 10.3. The Morgan fingerprint density at radius 2 is 2.14 bits per heavy atom. The molecule has 0 fully saturated rings. The monoisotopic (exact) mass is 303 g/mol. The zero-order valence-corrected chi connectivity index (χ0v) is 12.7. The second-order valence-corrected chi connectivity index (χ2v) is 5.97. The number of aryl methyl sites for hydroxylation is 2. The van der Waals surface area contributed by atoms with Crippen molar-refractivity contribution in [3.63, 3.8) is 0 Å². The van der Waals surface area contributed by atoms with Crippen LogP contribution in [0.3, 0.4) is 0 Å². The number of aromatic nitrogens is 3. The Morgan fingerprint density at radius 1 is 1.29 bits per heavy atom. The van der Waals surface area contributed by atoms with Gasteiger partial charge in [-0.25, -0.2) is 4.98 Å². The second-order valence-electron chi connectivity index (χ2n) is 4.88. The number of rotatable bonds is 4. The van der Waals surface area contributed by atoms with Gasteiger partial charge in [0.1, 0.15) is 5.82 Å². The van der Waals surface area contributed by atoms with Gasteiger partial charge in [0.15, 0.2) is 10.8 Å². The van der Waals surface area contributed by atoms with Crippen LogP contribution in [0, 0.1) is 0 Å². The first-order valence-corrected chi connectivity index (χ1v) is 7.95. The summed E-state index contributed by atoms with van der Waals surface area (Å²) in [6, 6.07) is 3.41. The van der Waals surface area contributed by atoms with Crippen molar-refractivity contribution in [1.82, 2.24) is 15.2 Å². The Bertz CT molecular complexity index is 614. The van der Waals surface area contributed by atoms with Gasteiger partial charge in [0.25, 0.3) is 5.91 Å². The average molecular weight is 303 g/mol. The predicted octanol–water partition coefficient (Wildman–Crippen LogP) is 2.50. The Hall–Kier alpha value is -2.02. The van der Waals surface area contributed by atoms with E-state index in [1.807, 2.05) is 6.92 Å². The maximum atomic E-state index is 12.1. The molecule has 2 heterocycles. The molecule has 1 aliphatic rings. The molecule has 0 saturated carbocycles. The molecule has 0 saturated heterocycles. The summed E-state index contributed by atoms with van der Waals surface area (Å²) >= 11 is 1.57. The molecule has 7 heteroatoms. The van der Waals surface area contributed by atoms with Crippen LogP contribution in [0.2, 0.25) is 0 Å². The molecule has 2 aromatic heterocycles. The molecule has 3 rings (SSSR count). The van der Waals surface area contributed by atoms with E-state index in [9.17, 15) is 4.79 Å². The van der Waals surface area contributed by atoms with Crippen molar-refractivity contribution in [3.8, 4) is 0 Å². The molecule has 21 heavy (non-hydrogen) atoms. The highest BCUT2D eigenvalue weighted by atomic mass is 32.1. The molecule has 2 N–H and O–H groups in total. The van der Waals surface area contributed by atoms with Gasteiger partial charge in [-0.1, -0.05) is 0 Å². The van der Waals surface area contributed by atoms with Crippen molar-refractivity contribution < 1.29 is 4.79 Å². The van der Waals surface area contributed by atoms with Crippen molar-refractivity contribution >= 4 is 28.2 Å². The van der Waals surface area contributed by atoms with Gasteiger partial charge >= 0.3 is 0 Å². The molecule has 0 aromatic carbocycles. The van der Waals surface area contributed by atoms with Crippen LogP contribution in [0.1, 0.15) is 40.8 Å². The third-order valence-corrected chi connectivity index (χ3v) is 4.39. The Labute approximate surface area is 127 Å². The molecule has 0 radical (unpaired) electrons. The molecular formula is C14H17N5OS. The zero-order chi connectivity index (χ0) is 14.7. The van der Waals surface area contributed by atoms with Crippen LogP contribution in [0.15, 0.2) is 12.1 Å². The Kier molecular flexibility index (Phi) is 4.10. The first-order valence-electron chi connectivity index (χ1n) is 7.14. The molecular weight excluding hydrogens is 286 g/mol. The summed E-state index contributed by atoms with van der Waals surface area (Å²) in [6.07, 6.45) is 4.47. The van der Waals surface area contributed by atoms with Crippen molar-refractivity contribution in [1.29, 1.82) is 0 Å². The number of hydrogen-bond donors (Lipinski definition) is 2. The highest BCUT2D eigenvalue weighted by molar-refractivity contribution is 7.15. The Morgan fingerprint density at radius 3 is 2.86 bits per heavy atom. The highest BCUT2D eigenvalue weighted by Crippen LogP contribution is 2.29. The van der Waals surface area contributed by atoms with Crippen LogP contribution in [-0.4, -0.2) is 27.6 Å². The summed E-state index contributed by atoms with van der Waals surface area (Å²) in [6.45, 7) is 2.75. The van der Waals surface area contributed by atoms with E-state index in [-0.39, 0.29) is 5.91 Å². The van der Waals surface area contributed by atoms with E-state index in [1.54, 1.807) is 23.5 Å². The molecule has 0 atom stereocenters. The highest BCUT2D eigenvalue weighted by Gasteiger charge is 2.17. The summed E-state index contributed by atoms with van der Waals surface area (Å²) in [5.41, 5.74) is 1.43. The number of fused-ring (bicyclic) bond motifs is 1. The normalized spacial score (nSPS) is 13.6. The van der Waals surface area contributed by atoms with Gasteiger partial charge in [-0.2, -0.15) is 0 Å². The molecule has 1 aliphatic carbocycles. The van der Waals surface area contributed by atoms with Gasteiger partial charge in [-0.05, 0) is 44.7 Å². The molecule has 2 aromatic rings. The van der Waals surface area contributed by atoms with Crippen LogP contribution in [-0.2, 0) is 12.8 Å². The second kappa shape index (κ2) is 6.17. The van der Waals surface area contributed by atoms with Gasteiger partial charge in [-0.3, -0.25) is 10.1 Å². The minimum absolute atomic E-state index is 0.267. The standard InChI is InChI=1S/C14H17N5OS/c1-2-15-12-8-7-10(18-19-12)13(20)17-14-16-9-5-3-4-6-11(9)21-14/h7-8H,2-6H2,1H3,(H,15,19)(H,16,17,20). The summed E-state index contributed by atoms with van der Waals surface area (Å²) in [7, 11) is 0.